The first-order valence-corrected chi connectivity index (χ1v) is 10.3. The summed E-state index contributed by atoms with van der Waals surface area (Å²) in [7, 11) is 3.59. The summed E-state index contributed by atoms with van der Waals surface area (Å²) in [6.07, 6.45) is 4.86. The second kappa shape index (κ2) is 10.0. The molecule has 1 aromatic heterocycles. The van der Waals surface area contributed by atoms with Gasteiger partial charge in [-0.2, -0.15) is 5.10 Å². The monoisotopic (exact) mass is 375 g/mol. The Labute approximate surface area is 164 Å². The zero-order valence-electron chi connectivity index (χ0n) is 17.9. The van der Waals surface area contributed by atoms with Crippen LogP contribution in [0.15, 0.2) is 12.7 Å². The largest absolute Gasteiger partial charge is 0.343 e. The summed E-state index contributed by atoms with van der Waals surface area (Å²) in [6, 6.07) is 0.480. The van der Waals surface area contributed by atoms with E-state index in [-0.39, 0.29) is 5.91 Å². The van der Waals surface area contributed by atoms with Crippen LogP contribution >= 0.6 is 0 Å². The van der Waals surface area contributed by atoms with E-state index in [2.05, 4.69) is 42.2 Å². The molecule has 6 nitrogen and oxygen atoms in total. The predicted molar refractivity (Wildman–Crippen MR) is 111 cm³/mol. The van der Waals surface area contributed by atoms with E-state index in [0.717, 1.165) is 57.5 Å². The third-order valence-corrected chi connectivity index (χ3v) is 5.75. The fourth-order valence-corrected chi connectivity index (χ4v) is 4.05. The first-order valence-electron chi connectivity index (χ1n) is 10.3. The number of rotatable bonds is 10. The zero-order valence-corrected chi connectivity index (χ0v) is 17.9. The van der Waals surface area contributed by atoms with Crippen LogP contribution in [0, 0.1) is 0 Å². The third-order valence-electron chi connectivity index (χ3n) is 5.75. The van der Waals surface area contributed by atoms with Crippen LogP contribution in [0.4, 0.5) is 0 Å². The molecule has 0 radical (unpaired) electrons. The van der Waals surface area contributed by atoms with Gasteiger partial charge in [-0.25, -0.2) is 0 Å². The van der Waals surface area contributed by atoms with E-state index >= 15 is 0 Å². The Morgan fingerprint density at radius 2 is 1.93 bits per heavy atom. The Kier molecular flexibility index (Phi) is 8.05. The number of aromatic nitrogens is 2. The van der Waals surface area contributed by atoms with E-state index in [9.17, 15) is 4.79 Å². The molecule has 0 bridgehead atoms. The number of hydrogen-bond acceptors (Lipinski definition) is 4. The minimum atomic E-state index is 0.000835. The van der Waals surface area contributed by atoms with Gasteiger partial charge in [-0.05, 0) is 38.9 Å². The lowest BCUT2D eigenvalue weighted by Gasteiger charge is -2.35. The molecule has 1 aliphatic carbocycles. The second-order valence-corrected chi connectivity index (χ2v) is 7.50. The van der Waals surface area contributed by atoms with E-state index in [4.69, 9.17) is 0 Å². The number of carbonyl (C=O) groups is 1. The Morgan fingerprint density at radius 1 is 1.22 bits per heavy atom. The molecular formula is C21H37N5O. The third kappa shape index (κ3) is 4.99. The quantitative estimate of drug-likeness (QED) is 0.589. The topological polar surface area (TPSA) is 44.6 Å². The lowest BCUT2D eigenvalue weighted by molar-refractivity contribution is 0.0819. The first kappa shape index (κ1) is 21.6. The van der Waals surface area contributed by atoms with Crippen molar-refractivity contribution in [3.63, 3.8) is 0 Å². The first-order chi connectivity index (χ1) is 13.0. The summed E-state index contributed by atoms with van der Waals surface area (Å²) in [4.78, 5) is 19.4. The predicted octanol–water partition coefficient (Wildman–Crippen LogP) is 2.29. The van der Waals surface area contributed by atoms with Gasteiger partial charge in [0.2, 0.25) is 0 Å². The molecule has 27 heavy (non-hydrogen) atoms. The summed E-state index contributed by atoms with van der Waals surface area (Å²) in [5.74, 6) is 0.000835. The fourth-order valence-electron chi connectivity index (χ4n) is 4.05. The molecule has 0 fully saturated rings. The highest BCUT2D eigenvalue weighted by molar-refractivity contribution is 5.93. The number of likely N-dealkylation sites (N-methyl/N-ethyl adjacent to an activating group) is 2. The molecular weight excluding hydrogens is 338 g/mol. The van der Waals surface area contributed by atoms with Crippen molar-refractivity contribution in [3.05, 3.63) is 29.6 Å². The molecule has 0 saturated heterocycles. The van der Waals surface area contributed by atoms with E-state index < -0.39 is 0 Å². The van der Waals surface area contributed by atoms with Gasteiger partial charge >= 0.3 is 0 Å². The number of hydrogen-bond donors (Lipinski definition) is 0. The van der Waals surface area contributed by atoms with Gasteiger partial charge in [0.25, 0.3) is 5.91 Å². The van der Waals surface area contributed by atoms with Crippen LogP contribution in [0.1, 0.15) is 48.9 Å². The minimum Gasteiger partial charge on any atom is -0.343 e. The summed E-state index contributed by atoms with van der Waals surface area (Å²) >= 11 is 0. The fraction of sp³-hybridized carbons (Fsp3) is 0.714. The van der Waals surface area contributed by atoms with Crippen LogP contribution in [0.2, 0.25) is 0 Å². The Hall–Kier alpha value is -1.66. The van der Waals surface area contributed by atoms with Crippen LogP contribution in [0.25, 0.3) is 0 Å². The average Bonchev–Trinajstić information content (AvgIpc) is 3.03. The van der Waals surface area contributed by atoms with Crippen molar-refractivity contribution in [1.29, 1.82) is 0 Å². The van der Waals surface area contributed by atoms with E-state index in [1.807, 2.05) is 10.8 Å². The molecule has 152 valence electrons. The van der Waals surface area contributed by atoms with Gasteiger partial charge in [0.05, 0.1) is 6.54 Å². The summed E-state index contributed by atoms with van der Waals surface area (Å²) < 4.78 is 1.97. The number of fused-ring (bicyclic) bond motifs is 1. The lowest BCUT2D eigenvalue weighted by atomic mass is 9.90. The Balaban J connectivity index is 2.21. The number of carbonyl (C=O) groups excluding carboxylic acids is 1. The van der Waals surface area contributed by atoms with Crippen molar-refractivity contribution in [1.82, 2.24) is 24.5 Å². The SMILES string of the molecule is C=CCn1nc(C(=O)N(C)C)c2c1CC[C@@H](N(CC)CCN(CC)CC)C2. The summed E-state index contributed by atoms with van der Waals surface area (Å²) in [6.45, 7) is 16.6. The highest BCUT2D eigenvalue weighted by Crippen LogP contribution is 2.28. The van der Waals surface area contributed by atoms with Crippen molar-refractivity contribution in [3.8, 4) is 0 Å². The van der Waals surface area contributed by atoms with Gasteiger partial charge in [-0.3, -0.25) is 14.4 Å². The molecule has 2 rings (SSSR count). The molecule has 1 atom stereocenters. The Bertz CT molecular complexity index is 633. The maximum Gasteiger partial charge on any atom is 0.274 e. The van der Waals surface area contributed by atoms with E-state index in [1.165, 1.54) is 5.69 Å². The van der Waals surface area contributed by atoms with Gasteiger partial charge in [-0.1, -0.05) is 26.8 Å². The molecule has 0 aromatic carbocycles. The van der Waals surface area contributed by atoms with E-state index in [1.54, 1.807) is 19.0 Å². The molecule has 1 heterocycles. The van der Waals surface area contributed by atoms with Crippen molar-refractivity contribution >= 4 is 5.91 Å². The molecule has 1 aliphatic rings. The van der Waals surface area contributed by atoms with E-state index in [0.29, 0.717) is 18.3 Å². The maximum atomic E-state index is 12.7. The van der Waals surface area contributed by atoms with Crippen LogP contribution in [-0.2, 0) is 19.4 Å². The lowest BCUT2D eigenvalue weighted by Crippen LogP contribution is -2.44. The van der Waals surface area contributed by atoms with Crippen LogP contribution in [-0.4, -0.2) is 83.2 Å². The van der Waals surface area contributed by atoms with Crippen molar-refractivity contribution < 1.29 is 4.79 Å². The highest BCUT2D eigenvalue weighted by Gasteiger charge is 2.31. The molecule has 0 spiro atoms. The van der Waals surface area contributed by atoms with Gasteiger partial charge in [0, 0.05) is 44.5 Å². The molecule has 6 heteroatoms. The zero-order chi connectivity index (χ0) is 20.0. The van der Waals surface area contributed by atoms with Crippen LogP contribution < -0.4 is 0 Å². The minimum absolute atomic E-state index is 0.000835. The summed E-state index contributed by atoms with van der Waals surface area (Å²) in [5.41, 5.74) is 2.99. The molecule has 0 N–H and O–H groups in total. The molecule has 1 aromatic rings. The van der Waals surface area contributed by atoms with Crippen molar-refractivity contribution in [2.75, 3.05) is 46.8 Å². The molecule has 0 unspecified atom stereocenters. The molecule has 0 saturated carbocycles. The van der Waals surface area contributed by atoms with Crippen molar-refractivity contribution in [2.24, 2.45) is 0 Å². The maximum absolute atomic E-state index is 12.7. The molecule has 0 aliphatic heterocycles. The highest BCUT2D eigenvalue weighted by atomic mass is 16.2. The van der Waals surface area contributed by atoms with Gasteiger partial charge < -0.3 is 9.80 Å². The van der Waals surface area contributed by atoms with Gasteiger partial charge in [0.1, 0.15) is 0 Å². The van der Waals surface area contributed by atoms with Crippen molar-refractivity contribution in [2.45, 2.75) is 52.6 Å². The average molecular weight is 376 g/mol. The normalized spacial score (nSPS) is 16.6. The second-order valence-electron chi connectivity index (χ2n) is 7.50. The Morgan fingerprint density at radius 3 is 2.48 bits per heavy atom. The standard InChI is InChI=1S/C21H37N5O/c1-7-13-26-19-12-11-17(25(10-4)15-14-24(8-2)9-3)16-18(19)20(22-26)21(27)23(5)6/h7,17H,1,8-16H2,2-6H3/t17-/m1/s1. The van der Waals surface area contributed by atoms with Crippen LogP contribution in [0.5, 0.6) is 0 Å². The number of amides is 1. The van der Waals surface area contributed by atoms with Gasteiger partial charge in [-0.15, -0.1) is 6.58 Å². The molecule has 1 amide bonds. The van der Waals surface area contributed by atoms with Gasteiger partial charge in [0.15, 0.2) is 5.69 Å². The van der Waals surface area contributed by atoms with Crippen LogP contribution in [0.3, 0.4) is 0 Å². The summed E-state index contributed by atoms with van der Waals surface area (Å²) in [5, 5.41) is 4.65. The smallest absolute Gasteiger partial charge is 0.274 e. The number of nitrogens with zero attached hydrogens (tertiary/aromatic N) is 5. The number of allylic oxidation sites excluding steroid dienone is 1.